The highest BCUT2D eigenvalue weighted by Crippen LogP contribution is 2.41. The van der Waals surface area contributed by atoms with E-state index in [9.17, 15) is 9.90 Å². The second-order valence-electron chi connectivity index (χ2n) is 9.56. The fraction of sp³-hybridized carbons (Fsp3) is 0.652. The number of hydrogen-bond acceptors (Lipinski definition) is 4. The van der Waals surface area contributed by atoms with E-state index < -0.39 is 17.7 Å². The molecule has 5 heteroatoms. The second kappa shape index (κ2) is 8.24. The van der Waals surface area contributed by atoms with Crippen LogP contribution in [0.25, 0.3) is 6.08 Å². The quantitative estimate of drug-likeness (QED) is 0.742. The molecule has 1 saturated heterocycles. The summed E-state index contributed by atoms with van der Waals surface area (Å²) in [4.78, 5) is 19.3. The number of pyridine rings is 1. The number of carboxylic acid groups (broad SMARTS) is 1. The Morgan fingerprint density at radius 1 is 1.21 bits per heavy atom. The van der Waals surface area contributed by atoms with Gasteiger partial charge in [-0.25, -0.2) is 4.79 Å². The minimum absolute atomic E-state index is 0.308. The first-order valence-corrected chi connectivity index (χ1v) is 10.2. The van der Waals surface area contributed by atoms with Gasteiger partial charge in [0.05, 0.1) is 11.3 Å². The van der Waals surface area contributed by atoms with Crippen LogP contribution in [0.2, 0.25) is 0 Å². The van der Waals surface area contributed by atoms with Gasteiger partial charge < -0.3 is 14.7 Å². The lowest BCUT2D eigenvalue weighted by molar-refractivity contribution is -0.160. The number of aryl methyl sites for hydroxylation is 2. The number of carboxylic acids is 1. The third-order valence-electron chi connectivity index (χ3n) is 5.35. The summed E-state index contributed by atoms with van der Waals surface area (Å²) in [6.07, 6.45) is 5.11. The molecule has 5 nitrogen and oxygen atoms in total. The summed E-state index contributed by atoms with van der Waals surface area (Å²) >= 11 is 0. The van der Waals surface area contributed by atoms with E-state index in [1.807, 2.05) is 53.7 Å². The van der Waals surface area contributed by atoms with Gasteiger partial charge >= 0.3 is 5.97 Å². The Bertz CT molecular complexity index is 750. The minimum Gasteiger partial charge on any atom is -0.479 e. The number of rotatable bonds is 5. The Hall–Kier alpha value is -1.88. The van der Waals surface area contributed by atoms with E-state index in [-0.39, 0.29) is 0 Å². The van der Waals surface area contributed by atoms with E-state index in [2.05, 4.69) is 23.7 Å². The van der Waals surface area contributed by atoms with Crippen LogP contribution in [0.4, 0.5) is 5.69 Å². The maximum absolute atomic E-state index is 12.2. The first kappa shape index (κ1) is 22.4. The van der Waals surface area contributed by atoms with E-state index >= 15 is 0 Å². The van der Waals surface area contributed by atoms with Crippen molar-refractivity contribution in [1.82, 2.24) is 4.98 Å². The molecule has 0 radical (unpaired) electrons. The fourth-order valence-electron chi connectivity index (χ4n) is 3.80. The molecule has 156 valence electrons. The van der Waals surface area contributed by atoms with Crippen molar-refractivity contribution in [1.29, 1.82) is 0 Å². The Balaban J connectivity index is 2.69. The van der Waals surface area contributed by atoms with Gasteiger partial charge in [-0.15, -0.1) is 0 Å². The smallest absolute Gasteiger partial charge is 0.337 e. The lowest BCUT2D eigenvalue weighted by Crippen LogP contribution is -2.39. The summed E-state index contributed by atoms with van der Waals surface area (Å²) < 4.78 is 6.02. The minimum atomic E-state index is -1.05. The van der Waals surface area contributed by atoms with E-state index in [1.54, 1.807) is 0 Å². The van der Waals surface area contributed by atoms with Crippen LogP contribution in [0.3, 0.4) is 0 Å². The molecule has 2 rings (SSSR count). The lowest BCUT2D eigenvalue weighted by atomic mass is 9.82. The number of allylic oxidation sites excluding steroid dienone is 1. The third-order valence-corrected chi connectivity index (χ3v) is 5.35. The van der Waals surface area contributed by atoms with E-state index in [0.29, 0.717) is 11.0 Å². The van der Waals surface area contributed by atoms with Gasteiger partial charge in [0, 0.05) is 35.6 Å². The zero-order valence-electron chi connectivity index (χ0n) is 18.7. The highest BCUT2D eigenvalue weighted by molar-refractivity contribution is 5.82. The van der Waals surface area contributed by atoms with Crippen molar-refractivity contribution in [3.63, 3.8) is 0 Å². The second-order valence-corrected chi connectivity index (χ2v) is 9.56. The van der Waals surface area contributed by atoms with Gasteiger partial charge in [-0.1, -0.05) is 26.0 Å². The van der Waals surface area contributed by atoms with Crippen LogP contribution >= 0.6 is 0 Å². The zero-order valence-corrected chi connectivity index (χ0v) is 18.7. The standard InChI is InChI=1S/C23H36N2O3/c1-9-10-17-15(2)24-16(3)18(20(21(26)27)28-22(4,5)6)19(17)25-13-11-23(7,8)12-14-25/h9-10,20H,11-14H2,1-8H3,(H,26,27). The van der Waals surface area contributed by atoms with Gasteiger partial charge in [-0.2, -0.15) is 0 Å². The predicted molar refractivity (Wildman–Crippen MR) is 115 cm³/mol. The molecule has 0 aliphatic carbocycles. The fourth-order valence-corrected chi connectivity index (χ4v) is 3.80. The summed E-state index contributed by atoms with van der Waals surface area (Å²) in [5.74, 6) is -0.978. The molecule has 0 aromatic carbocycles. The Morgan fingerprint density at radius 2 is 1.79 bits per heavy atom. The van der Waals surface area contributed by atoms with Crippen molar-refractivity contribution in [3.05, 3.63) is 28.6 Å². The van der Waals surface area contributed by atoms with Gasteiger partial charge in [-0.3, -0.25) is 4.98 Å². The molecule has 0 amide bonds. The number of carbonyl (C=O) groups is 1. The average molecular weight is 389 g/mol. The van der Waals surface area contributed by atoms with Gasteiger partial charge in [0.25, 0.3) is 0 Å². The monoisotopic (exact) mass is 388 g/mol. The van der Waals surface area contributed by atoms with E-state index in [1.165, 1.54) is 0 Å². The largest absolute Gasteiger partial charge is 0.479 e. The van der Waals surface area contributed by atoms with Crippen molar-refractivity contribution in [3.8, 4) is 0 Å². The first-order valence-electron chi connectivity index (χ1n) is 10.2. The Morgan fingerprint density at radius 3 is 2.25 bits per heavy atom. The summed E-state index contributed by atoms with van der Waals surface area (Å²) in [5, 5.41) is 10.0. The molecule has 1 atom stereocenters. The molecule has 2 heterocycles. The molecular weight excluding hydrogens is 352 g/mol. The van der Waals surface area contributed by atoms with Crippen molar-refractivity contribution in [2.75, 3.05) is 18.0 Å². The molecule has 1 unspecified atom stereocenters. The topological polar surface area (TPSA) is 62.7 Å². The van der Waals surface area contributed by atoms with E-state index in [0.717, 1.165) is 48.6 Å². The molecule has 1 aromatic rings. The predicted octanol–water partition coefficient (Wildman–Crippen LogP) is 5.30. The van der Waals surface area contributed by atoms with Crippen molar-refractivity contribution in [2.45, 2.75) is 79.9 Å². The van der Waals surface area contributed by atoms with Gasteiger partial charge in [0.2, 0.25) is 0 Å². The number of ether oxygens (including phenoxy) is 1. The molecule has 1 N–H and O–H groups in total. The van der Waals surface area contributed by atoms with E-state index in [4.69, 9.17) is 4.74 Å². The first-order chi connectivity index (χ1) is 12.9. The number of anilines is 1. The summed E-state index contributed by atoms with van der Waals surface area (Å²) in [6, 6.07) is 0. The van der Waals surface area contributed by atoms with Crippen LogP contribution in [0.1, 0.15) is 83.0 Å². The molecular formula is C23H36N2O3. The summed E-state index contributed by atoms with van der Waals surface area (Å²) in [7, 11) is 0. The number of nitrogens with zero attached hydrogens (tertiary/aromatic N) is 2. The maximum Gasteiger partial charge on any atom is 0.337 e. The highest BCUT2D eigenvalue weighted by atomic mass is 16.5. The Kier molecular flexibility index (Phi) is 6.59. The molecule has 1 aliphatic rings. The number of aromatic nitrogens is 1. The van der Waals surface area contributed by atoms with Crippen LogP contribution in [-0.4, -0.2) is 34.8 Å². The molecule has 1 aliphatic heterocycles. The van der Waals surface area contributed by atoms with Crippen LogP contribution < -0.4 is 4.90 Å². The number of hydrogen-bond donors (Lipinski definition) is 1. The third kappa shape index (κ3) is 5.13. The molecule has 1 aromatic heterocycles. The van der Waals surface area contributed by atoms with Crippen molar-refractivity contribution in [2.24, 2.45) is 5.41 Å². The van der Waals surface area contributed by atoms with Crippen LogP contribution in [0.15, 0.2) is 6.08 Å². The van der Waals surface area contributed by atoms with Gasteiger partial charge in [-0.05, 0) is 59.8 Å². The Labute approximate surface area is 169 Å². The molecule has 1 fully saturated rings. The van der Waals surface area contributed by atoms with Gasteiger partial charge in [0.15, 0.2) is 6.10 Å². The highest BCUT2D eigenvalue weighted by Gasteiger charge is 2.35. The lowest BCUT2D eigenvalue weighted by Gasteiger charge is -2.41. The number of piperidine rings is 1. The normalized spacial score (nSPS) is 18.5. The summed E-state index contributed by atoms with van der Waals surface area (Å²) in [6.45, 7) is 17.9. The molecule has 0 bridgehead atoms. The van der Waals surface area contributed by atoms with Crippen LogP contribution in [0, 0.1) is 19.3 Å². The molecule has 0 saturated carbocycles. The van der Waals surface area contributed by atoms with Crippen molar-refractivity contribution >= 4 is 17.7 Å². The number of aliphatic carboxylic acids is 1. The van der Waals surface area contributed by atoms with Gasteiger partial charge in [0.1, 0.15) is 0 Å². The van der Waals surface area contributed by atoms with Crippen LogP contribution in [-0.2, 0) is 9.53 Å². The average Bonchev–Trinajstić information content (AvgIpc) is 2.54. The SMILES string of the molecule is CC=Cc1c(C)nc(C)c(C(OC(C)(C)C)C(=O)O)c1N1CCC(C)(C)CC1. The van der Waals surface area contributed by atoms with Crippen molar-refractivity contribution < 1.29 is 14.6 Å². The molecule has 28 heavy (non-hydrogen) atoms. The zero-order chi connectivity index (χ0) is 21.3. The molecule has 0 spiro atoms. The summed E-state index contributed by atoms with van der Waals surface area (Å²) in [5.41, 5.74) is 4.01. The van der Waals surface area contributed by atoms with Crippen LogP contribution in [0.5, 0.6) is 0 Å². The maximum atomic E-state index is 12.2.